The minimum Gasteiger partial charge on any atom is -0.307 e. The van der Waals surface area contributed by atoms with Crippen LogP contribution < -0.4 is 10.6 Å². The van der Waals surface area contributed by atoms with Gasteiger partial charge in [0.05, 0.1) is 0 Å². The van der Waals surface area contributed by atoms with Gasteiger partial charge in [-0.3, -0.25) is 0 Å². The number of carbonyl (C=O) groups is 2. The molecule has 0 amide bonds. The molecule has 0 atom stereocenters. The Balaban J connectivity index is -0.000000595. The molecule has 0 fully saturated rings. The smallest absolute Gasteiger partial charge is 0.106 e. The predicted octanol–water partition coefficient (Wildman–Crippen LogP) is 3.61. The van der Waals surface area contributed by atoms with Crippen LogP contribution in [0.3, 0.4) is 0 Å². The molecule has 1 rings (SSSR count). The first-order chi connectivity index (χ1) is 9.78. The van der Waals surface area contributed by atoms with E-state index < -0.39 is 0 Å². The molecular weight excluding hydrogens is 345 g/mol. The van der Waals surface area contributed by atoms with Gasteiger partial charge in [0.1, 0.15) is 13.6 Å². The molecule has 1 aromatic rings. The Morgan fingerprint density at radius 2 is 0.952 bits per heavy atom. The number of rotatable bonds is 6. The quantitative estimate of drug-likeness (QED) is 0.564. The summed E-state index contributed by atoms with van der Waals surface area (Å²) < 4.78 is 0. The molecule has 0 heterocycles. The number of hydrogen-bond donors (Lipinski definition) is 0. The van der Waals surface area contributed by atoms with Gasteiger partial charge in [0, 0.05) is 16.5 Å². The summed E-state index contributed by atoms with van der Waals surface area (Å²) in [4.78, 5) is 16.0. The van der Waals surface area contributed by atoms with E-state index in [-0.39, 0.29) is 32.3 Å². The summed E-state index contributed by atoms with van der Waals surface area (Å²) in [7, 11) is 0.200. The molecule has 1 aromatic carbocycles. The largest absolute Gasteiger partial charge is 0.307 e. The van der Waals surface area contributed by atoms with Crippen molar-refractivity contribution >= 4 is 40.0 Å². The summed E-state index contributed by atoms with van der Waals surface area (Å²) in [5.41, 5.74) is 0. The van der Waals surface area contributed by atoms with Crippen molar-refractivity contribution in [2.75, 3.05) is 24.6 Å². The van der Waals surface area contributed by atoms with Crippen LogP contribution in [0.2, 0.25) is 0 Å². The van der Waals surface area contributed by atoms with Gasteiger partial charge in [-0.2, -0.15) is 0 Å². The molecule has 0 saturated carbocycles. The van der Waals surface area contributed by atoms with Crippen molar-refractivity contribution in [2.45, 2.75) is 27.7 Å². The van der Waals surface area contributed by atoms with Crippen LogP contribution in [-0.4, -0.2) is 38.2 Å². The second-order valence-electron chi connectivity index (χ2n) is 3.83. The molecule has 21 heavy (non-hydrogen) atoms. The molecule has 0 spiro atoms. The van der Waals surface area contributed by atoms with E-state index in [0.717, 1.165) is 0 Å². The second-order valence-corrected chi connectivity index (χ2v) is 9.49. The SMILES string of the molecule is C=O.C=O.CCP(CC)c1ccccc1P(CC)CC.[Ni]. The van der Waals surface area contributed by atoms with Crippen molar-refractivity contribution in [2.24, 2.45) is 0 Å². The first kappa shape index (κ1) is 25.8. The van der Waals surface area contributed by atoms with Gasteiger partial charge in [-0.15, -0.1) is 0 Å². The van der Waals surface area contributed by atoms with E-state index in [9.17, 15) is 0 Å². The Morgan fingerprint density at radius 3 is 1.14 bits per heavy atom. The molecule has 0 unspecified atom stereocenters. The molecular formula is C16H28NiO2P2. The van der Waals surface area contributed by atoms with Crippen LogP contribution in [0.25, 0.3) is 0 Å². The topological polar surface area (TPSA) is 34.1 Å². The Morgan fingerprint density at radius 1 is 0.714 bits per heavy atom. The van der Waals surface area contributed by atoms with Gasteiger partial charge >= 0.3 is 0 Å². The van der Waals surface area contributed by atoms with E-state index in [1.807, 2.05) is 13.6 Å². The van der Waals surface area contributed by atoms with Gasteiger partial charge in [0.25, 0.3) is 0 Å². The maximum Gasteiger partial charge on any atom is 0.106 e. The standard InChI is InChI=1S/C14H24P2.2CH2O.Ni/c1-5-15(6-2)13-11-9-10-12-14(13)16(7-3)8-4;2*1-2;/h9-12H,5-8H2,1-4H3;2*1H2;. The fraction of sp³-hybridized carbons (Fsp3) is 0.500. The van der Waals surface area contributed by atoms with Gasteiger partial charge < -0.3 is 9.59 Å². The van der Waals surface area contributed by atoms with E-state index >= 15 is 0 Å². The third kappa shape index (κ3) is 8.82. The monoisotopic (exact) mass is 372 g/mol. The summed E-state index contributed by atoms with van der Waals surface area (Å²) in [6.45, 7) is 13.4. The molecule has 0 aromatic heterocycles. The Kier molecular flexibility index (Phi) is 22.1. The summed E-state index contributed by atoms with van der Waals surface area (Å²) in [5, 5.41) is 3.38. The third-order valence-corrected chi connectivity index (χ3v) is 8.46. The first-order valence-electron chi connectivity index (χ1n) is 6.95. The number of carbonyl (C=O) groups excluding carboxylic acids is 2. The van der Waals surface area contributed by atoms with E-state index in [1.54, 1.807) is 10.6 Å². The van der Waals surface area contributed by atoms with Crippen LogP contribution in [0.1, 0.15) is 27.7 Å². The fourth-order valence-electron chi connectivity index (χ4n) is 2.13. The zero-order chi connectivity index (χ0) is 16.0. The predicted molar refractivity (Wildman–Crippen MR) is 96.0 cm³/mol. The zero-order valence-corrected chi connectivity index (χ0v) is 16.4. The summed E-state index contributed by atoms with van der Waals surface area (Å²) in [6.07, 6.45) is 5.33. The number of benzene rings is 1. The maximum atomic E-state index is 8.00. The summed E-state index contributed by atoms with van der Waals surface area (Å²) >= 11 is 0. The molecule has 0 aliphatic rings. The molecule has 5 heteroatoms. The summed E-state index contributed by atoms with van der Waals surface area (Å²) in [5.74, 6) is 0. The van der Waals surface area contributed by atoms with Gasteiger partial charge in [-0.1, -0.05) is 67.8 Å². The Bertz CT molecular complexity index is 310. The van der Waals surface area contributed by atoms with Gasteiger partial charge in [0.2, 0.25) is 0 Å². The summed E-state index contributed by atoms with van der Waals surface area (Å²) in [6, 6.07) is 9.21. The molecule has 0 aliphatic heterocycles. The Labute approximate surface area is 142 Å². The van der Waals surface area contributed by atoms with Crippen molar-refractivity contribution in [3.63, 3.8) is 0 Å². The molecule has 2 nitrogen and oxygen atoms in total. The first-order valence-corrected chi connectivity index (χ1v) is 10.4. The van der Waals surface area contributed by atoms with E-state index in [0.29, 0.717) is 0 Å². The Hall–Kier alpha value is -0.0865. The molecule has 0 N–H and O–H groups in total. The number of hydrogen-bond acceptors (Lipinski definition) is 2. The van der Waals surface area contributed by atoms with E-state index in [4.69, 9.17) is 9.59 Å². The van der Waals surface area contributed by atoms with E-state index in [2.05, 4.69) is 52.0 Å². The average Bonchev–Trinajstić information content (AvgIpc) is 2.55. The van der Waals surface area contributed by atoms with Crippen LogP contribution in [0.15, 0.2) is 24.3 Å². The van der Waals surface area contributed by atoms with Crippen molar-refractivity contribution in [1.82, 2.24) is 0 Å². The van der Waals surface area contributed by atoms with Gasteiger partial charge in [-0.25, -0.2) is 0 Å². The zero-order valence-electron chi connectivity index (χ0n) is 13.6. The molecule has 0 bridgehead atoms. The third-order valence-electron chi connectivity index (χ3n) is 3.09. The molecule has 0 aliphatic carbocycles. The minimum atomic E-state index is 0. The van der Waals surface area contributed by atoms with Crippen molar-refractivity contribution in [1.29, 1.82) is 0 Å². The molecule has 124 valence electrons. The average molecular weight is 373 g/mol. The molecule has 0 radical (unpaired) electrons. The van der Waals surface area contributed by atoms with Crippen LogP contribution in [0.4, 0.5) is 0 Å². The molecule has 0 saturated heterocycles. The van der Waals surface area contributed by atoms with Gasteiger partial charge in [-0.05, 0) is 35.3 Å². The maximum absolute atomic E-state index is 8.00. The van der Waals surface area contributed by atoms with Gasteiger partial charge in [0.15, 0.2) is 0 Å². The second kappa shape index (κ2) is 18.0. The van der Waals surface area contributed by atoms with Crippen molar-refractivity contribution < 1.29 is 26.1 Å². The van der Waals surface area contributed by atoms with E-state index in [1.165, 1.54) is 24.6 Å². The normalized spacial score (nSPS) is 9.05. The van der Waals surface area contributed by atoms with Crippen molar-refractivity contribution in [3.8, 4) is 0 Å². The van der Waals surface area contributed by atoms with Crippen LogP contribution in [-0.2, 0) is 26.1 Å². The van der Waals surface area contributed by atoms with Crippen LogP contribution in [0, 0.1) is 0 Å². The van der Waals surface area contributed by atoms with Crippen LogP contribution >= 0.6 is 15.8 Å². The van der Waals surface area contributed by atoms with Crippen molar-refractivity contribution in [3.05, 3.63) is 24.3 Å². The van der Waals surface area contributed by atoms with Crippen LogP contribution in [0.5, 0.6) is 0 Å². The fourth-order valence-corrected chi connectivity index (χ4v) is 6.62. The minimum absolute atomic E-state index is 0.